The van der Waals surface area contributed by atoms with Crippen LogP contribution in [0.25, 0.3) is 0 Å². The number of aromatic nitrogens is 1. The SMILES string of the molecule is O=[N+]([O-])c1c(F)cccc1S(=O)(=O)Nc1ccc(I)cn1. The number of nitrogens with one attached hydrogen (secondary N) is 1. The third-order valence-corrected chi connectivity index (χ3v) is 4.41. The molecule has 110 valence electrons. The molecule has 0 atom stereocenters. The van der Waals surface area contributed by atoms with Crippen LogP contribution in [0.15, 0.2) is 41.4 Å². The minimum atomic E-state index is -4.32. The van der Waals surface area contributed by atoms with Gasteiger partial charge in [-0.3, -0.25) is 14.8 Å². The molecule has 0 saturated carbocycles. The van der Waals surface area contributed by atoms with Crippen LogP contribution in [0.3, 0.4) is 0 Å². The van der Waals surface area contributed by atoms with Gasteiger partial charge in [0.2, 0.25) is 5.82 Å². The van der Waals surface area contributed by atoms with Gasteiger partial charge in [0.25, 0.3) is 10.0 Å². The Balaban J connectivity index is 2.47. The molecule has 2 rings (SSSR count). The molecule has 1 heterocycles. The first-order valence-electron chi connectivity index (χ1n) is 5.38. The molecule has 0 bridgehead atoms. The van der Waals surface area contributed by atoms with E-state index >= 15 is 0 Å². The third-order valence-electron chi connectivity index (χ3n) is 2.39. The molecule has 2 aromatic rings. The number of pyridine rings is 1. The van der Waals surface area contributed by atoms with Gasteiger partial charge in [-0.2, -0.15) is 4.39 Å². The Bertz CT molecular complexity index is 796. The van der Waals surface area contributed by atoms with Crippen molar-refractivity contribution in [1.82, 2.24) is 4.98 Å². The molecular formula is C11H7FIN3O4S. The molecule has 0 aliphatic rings. The number of anilines is 1. The number of sulfonamides is 1. The van der Waals surface area contributed by atoms with Crippen LogP contribution in [0.1, 0.15) is 0 Å². The largest absolute Gasteiger partial charge is 0.325 e. The number of hydrogen-bond acceptors (Lipinski definition) is 5. The van der Waals surface area contributed by atoms with E-state index in [-0.39, 0.29) is 5.82 Å². The molecular weight excluding hydrogens is 416 g/mol. The van der Waals surface area contributed by atoms with E-state index in [1.54, 1.807) is 6.07 Å². The van der Waals surface area contributed by atoms with E-state index < -0.39 is 31.3 Å². The lowest BCUT2D eigenvalue weighted by molar-refractivity contribution is -0.390. The molecule has 0 saturated heterocycles. The van der Waals surface area contributed by atoms with Crippen LogP contribution in [0.4, 0.5) is 15.9 Å². The lowest BCUT2D eigenvalue weighted by Gasteiger charge is -2.08. The molecule has 1 aromatic heterocycles. The summed E-state index contributed by atoms with van der Waals surface area (Å²) < 4.78 is 40.6. The second-order valence-electron chi connectivity index (χ2n) is 3.81. The lowest BCUT2D eigenvalue weighted by atomic mass is 10.3. The number of benzene rings is 1. The van der Waals surface area contributed by atoms with Crippen molar-refractivity contribution < 1.29 is 17.7 Å². The first-order valence-corrected chi connectivity index (χ1v) is 7.95. The molecule has 21 heavy (non-hydrogen) atoms. The van der Waals surface area contributed by atoms with Crippen LogP contribution in [0.2, 0.25) is 0 Å². The highest BCUT2D eigenvalue weighted by atomic mass is 127. The zero-order valence-corrected chi connectivity index (χ0v) is 13.1. The highest BCUT2D eigenvalue weighted by molar-refractivity contribution is 14.1. The van der Waals surface area contributed by atoms with Gasteiger partial charge in [-0.05, 0) is 46.9 Å². The summed E-state index contributed by atoms with van der Waals surface area (Å²) in [5, 5.41) is 10.8. The van der Waals surface area contributed by atoms with Crippen molar-refractivity contribution in [2.45, 2.75) is 4.90 Å². The minimum Gasteiger partial charge on any atom is -0.263 e. The Morgan fingerprint density at radius 2 is 2.00 bits per heavy atom. The highest BCUT2D eigenvalue weighted by Gasteiger charge is 2.29. The topological polar surface area (TPSA) is 102 Å². The Hall–Kier alpha value is -1.82. The van der Waals surface area contributed by atoms with Gasteiger partial charge in [0.1, 0.15) is 5.82 Å². The van der Waals surface area contributed by atoms with Crippen LogP contribution >= 0.6 is 22.6 Å². The molecule has 0 fully saturated rings. The van der Waals surface area contributed by atoms with Crippen molar-refractivity contribution in [3.8, 4) is 0 Å². The number of para-hydroxylation sites is 1. The molecule has 0 radical (unpaired) electrons. The van der Waals surface area contributed by atoms with Crippen molar-refractivity contribution in [3.63, 3.8) is 0 Å². The molecule has 0 amide bonds. The van der Waals surface area contributed by atoms with Crippen LogP contribution in [0, 0.1) is 19.5 Å². The monoisotopic (exact) mass is 423 g/mol. The number of nitro groups is 1. The average Bonchev–Trinajstić information content (AvgIpc) is 2.40. The van der Waals surface area contributed by atoms with Crippen molar-refractivity contribution in [3.05, 3.63) is 56.0 Å². The number of hydrogen-bond donors (Lipinski definition) is 1. The summed E-state index contributed by atoms with van der Waals surface area (Å²) in [5.74, 6) is -1.24. The number of nitro benzene ring substituents is 1. The van der Waals surface area contributed by atoms with Gasteiger partial charge in [0, 0.05) is 9.77 Å². The molecule has 7 nitrogen and oxygen atoms in total. The van der Waals surface area contributed by atoms with E-state index in [9.17, 15) is 22.9 Å². The fourth-order valence-electron chi connectivity index (χ4n) is 1.52. The highest BCUT2D eigenvalue weighted by Crippen LogP contribution is 2.27. The summed E-state index contributed by atoms with van der Waals surface area (Å²) in [4.78, 5) is 12.8. The summed E-state index contributed by atoms with van der Waals surface area (Å²) in [6, 6.07) is 5.85. The Kier molecular flexibility index (Phi) is 4.37. The van der Waals surface area contributed by atoms with Gasteiger partial charge in [0.05, 0.1) is 4.92 Å². The van der Waals surface area contributed by atoms with Crippen molar-refractivity contribution >= 4 is 44.1 Å². The number of rotatable bonds is 4. The molecule has 1 N–H and O–H groups in total. The number of nitrogens with zero attached hydrogens (tertiary/aromatic N) is 2. The smallest absolute Gasteiger partial charge is 0.263 e. The maximum absolute atomic E-state index is 13.5. The molecule has 0 aliphatic carbocycles. The van der Waals surface area contributed by atoms with Crippen LogP contribution in [0.5, 0.6) is 0 Å². The molecule has 0 aliphatic heterocycles. The summed E-state index contributed by atoms with van der Waals surface area (Å²) in [6.45, 7) is 0. The van der Waals surface area contributed by atoms with Crippen molar-refractivity contribution in [2.24, 2.45) is 0 Å². The van der Waals surface area contributed by atoms with E-state index in [4.69, 9.17) is 0 Å². The maximum Gasteiger partial charge on any atom is 0.325 e. The first kappa shape index (κ1) is 15.6. The van der Waals surface area contributed by atoms with E-state index in [1.807, 2.05) is 22.6 Å². The van der Waals surface area contributed by atoms with Gasteiger partial charge >= 0.3 is 5.69 Å². The number of halogens is 2. The Labute approximate surface area is 132 Å². The van der Waals surface area contributed by atoms with E-state index in [2.05, 4.69) is 9.71 Å². The van der Waals surface area contributed by atoms with Gasteiger partial charge in [-0.15, -0.1) is 0 Å². The lowest BCUT2D eigenvalue weighted by Crippen LogP contribution is -2.16. The van der Waals surface area contributed by atoms with Gasteiger partial charge < -0.3 is 0 Å². The normalized spacial score (nSPS) is 11.1. The fraction of sp³-hybridized carbons (Fsp3) is 0. The third kappa shape index (κ3) is 3.44. The van der Waals surface area contributed by atoms with E-state index in [0.717, 1.165) is 21.8 Å². The molecule has 10 heteroatoms. The van der Waals surface area contributed by atoms with Crippen LogP contribution < -0.4 is 4.72 Å². The second-order valence-corrected chi connectivity index (χ2v) is 6.71. The van der Waals surface area contributed by atoms with Gasteiger partial charge in [-0.1, -0.05) is 6.07 Å². The molecule has 0 unspecified atom stereocenters. The zero-order valence-electron chi connectivity index (χ0n) is 10.2. The maximum atomic E-state index is 13.5. The van der Waals surface area contributed by atoms with E-state index in [0.29, 0.717) is 0 Å². The summed E-state index contributed by atoms with van der Waals surface area (Å²) in [6.07, 6.45) is 1.42. The van der Waals surface area contributed by atoms with E-state index in [1.165, 1.54) is 12.3 Å². The first-order chi connectivity index (χ1) is 9.81. The standard InChI is InChI=1S/C11H7FIN3O4S/c12-8-2-1-3-9(11(8)16(17)18)21(19,20)15-10-5-4-7(13)6-14-10/h1-6H,(H,14,15). The summed E-state index contributed by atoms with van der Waals surface area (Å²) in [7, 11) is -4.32. The minimum absolute atomic E-state index is 0.0195. The second kappa shape index (κ2) is 5.89. The predicted molar refractivity (Wildman–Crippen MR) is 80.8 cm³/mol. The average molecular weight is 423 g/mol. The van der Waals surface area contributed by atoms with Crippen LogP contribution in [-0.4, -0.2) is 18.3 Å². The molecule has 1 aromatic carbocycles. The van der Waals surface area contributed by atoms with Gasteiger partial charge in [0.15, 0.2) is 4.90 Å². The van der Waals surface area contributed by atoms with Crippen molar-refractivity contribution in [2.75, 3.05) is 4.72 Å². The van der Waals surface area contributed by atoms with Crippen molar-refractivity contribution in [1.29, 1.82) is 0 Å². The summed E-state index contributed by atoms with van der Waals surface area (Å²) in [5.41, 5.74) is -1.10. The summed E-state index contributed by atoms with van der Waals surface area (Å²) >= 11 is 1.98. The fourth-order valence-corrected chi connectivity index (χ4v) is 3.03. The predicted octanol–water partition coefficient (Wildman–Crippen LogP) is 2.53. The quantitative estimate of drug-likeness (QED) is 0.463. The van der Waals surface area contributed by atoms with Crippen LogP contribution in [-0.2, 0) is 10.0 Å². The van der Waals surface area contributed by atoms with Gasteiger partial charge in [-0.25, -0.2) is 13.4 Å². The Morgan fingerprint density at radius 1 is 1.29 bits per heavy atom. The Morgan fingerprint density at radius 3 is 2.57 bits per heavy atom. The molecule has 0 spiro atoms. The zero-order chi connectivity index (χ0) is 15.6.